The van der Waals surface area contributed by atoms with E-state index in [1.165, 1.54) is 7.11 Å². The summed E-state index contributed by atoms with van der Waals surface area (Å²) in [5, 5.41) is 28.3. The van der Waals surface area contributed by atoms with Gasteiger partial charge in [0.15, 0.2) is 11.5 Å². The third-order valence-electron chi connectivity index (χ3n) is 5.10. The minimum Gasteiger partial charge on any atom is -0.504 e. The minimum absolute atomic E-state index is 0.000653. The molecule has 1 aromatic heterocycles. The summed E-state index contributed by atoms with van der Waals surface area (Å²) in [7, 11) is 1.45. The predicted molar refractivity (Wildman–Crippen MR) is 121 cm³/mol. The first-order valence-electron chi connectivity index (χ1n) is 9.43. The van der Waals surface area contributed by atoms with Gasteiger partial charge >= 0.3 is 5.97 Å². The number of aromatic nitrogens is 2. The fraction of sp³-hybridized carbons (Fsp3) is 0.130. The number of carboxylic acid groups (broad SMARTS) is 1. The van der Waals surface area contributed by atoms with E-state index in [2.05, 4.69) is 10.2 Å². The number of aryl methyl sites for hydroxylation is 1. The number of ether oxygens (including phenoxy) is 1. The number of rotatable bonds is 6. The number of carbonyl (C=O) groups is 1. The van der Waals surface area contributed by atoms with Crippen LogP contribution in [0.25, 0.3) is 33.2 Å². The predicted octanol–water partition coefficient (Wildman–Crippen LogP) is 5.94. The second-order valence-corrected chi connectivity index (χ2v) is 7.81. The van der Waals surface area contributed by atoms with Gasteiger partial charge in [-0.15, -0.1) is 0 Å². The van der Waals surface area contributed by atoms with Gasteiger partial charge in [-0.05, 0) is 35.4 Å². The third kappa shape index (κ3) is 4.04. The molecule has 1 heterocycles. The van der Waals surface area contributed by atoms with Gasteiger partial charge in [-0.25, -0.2) is 0 Å². The lowest BCUT2D eigenvalue weighted by molar-refractivity contribution is -0.136. The van der Waals surface area contributed by atoms with E-state index < -0.39 is 5.97 Å². The van der Waals surface area contributed by atoms with Crippen molar-refractivity contribution in [3.05, 3.63) is 64.3 Å². The van der Waals surface area contributed by atoms with Crippen molar-refractivity contribution in [3.8, 4) is 33.8 Å². The molecule has 31 heavy (non-hydrogen) atoms. The van der Waals surface area contributed by atoms with Crippen LogP contribution in [0.1, 0.15) is 12.1 Å². The van der Waals surface area contributed by atoms with Gasteiger partial charge < -0.3 is 14.9 Å². The molecule has 0 atom stereocenters. The summed E-state index contributed by atoms with van der Waals surface area (Å²) >= 11 is 12.6. The van der Waals surface area contributed by atoms with Crippen molar-refractivity contribution in [2.75, 3.05) is 7.11 Å². The number of hydrogen-bond donors (Lipinski definition) is 3. The fourth-order valence-corrected chi connectivity index (χ4v) is 4.04. The smallest absolute Gasteiger partial charge is 0.303 e. The van der Waals surface area contributed by atoms with Crippen molar-refractivity contribution in [3.63, 3.8) is 0 Å². The van der Waals surface area contributed by atoms with Gasteiger partial charge in [0.1, 0.15) is 0 Å². The highest BCUT2D eigenvalue weighted by molar-refractivity contribution is 6.34. The number of aromatic amines is 1. The fourth-order valence-electron chi connectivity index (χ4n) is 3.53. The van der Waals surface area contributed by atoms with Gasteiger partial charge in [-0.1, -0.05) is 47.5 Å². The number of aliphatic carboxylic acids is 1. The van der Waals surface area contributed by atoms with Gasteiger partial charge in [0.2, 0.25) is 0 Å². The Kier molecular flexibility index (Phi) is 5.76. The largest absolute Gasteiger partial charge is 0.504 e. The maximum Gasteiger partial charge on any atom is 0.303 e. The molecule has 0 unspecified atom stereocenters. The van der Waals surface area contributed by atoms with Crippen molar-refractivity contribution >= 4 is 40.1 Å². The summed E-state index contributed by atoms with van der Waals surface area (Å²) in [5.41, 5.74) is 4.51. The van der Waals surface area contributed by atoms with Crippen LogP contribution in [0.5, 0.6) is 11.5 Å². The van der Waals surface area contributed by atoms with E-state index in [-0.39, 0.29) is 17.9 Å². The van der Waals surface area contributed by atoms with Crippen LogP contribution < -0.4 is 4.74 Å². The summed E-state index contributed by atoms with van der Waals surface area (Å²) in [5.74, 6) is -0.669. The van der Waals surface area contributed by atoms with Gasteiger partial charge in [0.05, 0.1) is 34.8 Å². The van der Waals surface area contributed by atoms with Crippen molar-refractivity contribution < 1.29 is 19.7 Å². The average molecular weight is 457 g/mol. The zero-order chi connectivity index (χ0) is 22.1. The number of H-pyrrole nitrogens is 1. The lowest BCUT2D eigenvalue weighted by Gasteiger charge is -2.12. The van der Waals surface area contributed by atoms with Crippen LogP contribution in [0.3, 0.4) is 0 Å². The number of nitrogens with one attached hydrogen (secondary N) is 1. The van der Waals surface area contributed by atoms with E-state index in [0.717, 1.165) is 27.6 Å². The molecule has 8 heteroatoms. The summed E-state index contributed by atoms with van der Waals surface area (Å²) in [6.45, 7) is 0. The number of halogens is 2. The minimum atomic E-state index is -0.872. The van der Waals surface area contributed by atoms with E-state index in [9.17, 15) is 9.90 Å². The molecular weight excluding hydrogens is 439 g/mol. The first kappa shape index (κ1) is 21.0. The first-order valence-corrected chi connectivity index (χ1v) is 10.2. The molecule has 0 radical (unpaired) electrons. The van der Waals surface area contributed by atoms with Crippen molar-refractivity contribution in [2.24, 2.45) is 0 Å². The van der Waals surface area contributed by atoms with Crippen LogP contribution in [0.15, 0.2) is 48.5 Å². The van der Waals surface area contributed by atoms with Crippen LogP contribution in [-0.4, -0.2) is 33.5 Å². The topological polar surface area (TPSA) is 95.4 Å². The SMILES string of the molecule is COc1c(Cl)ccc(-c2ccc(-c3cc4c(CCC(=O)O)n[nH]c4cc3Cl)cc2)c1O. The summed E-state index contributed by atoms with van der Waals surface area (Å²) < 4.78 is 5.18. The Morgan fingerprint density at radius 1 is 1.03 bits per heavy atom. The van der Waals surface area contributed by atoms with Crippen LogP contribution >= 0.6 is 23.2 Å². The lowest BCUT2D eigenvalue weighted by Crippen LogP contribution is -1.98. The van der Waals surface area contributed by atoms with Gasteiger partial charge in [0.25, 0.3) is 0 Å². The van der Waals surface area contributed by atoms with Crippen LogP contribution in [-0.2, 0) is 11.2 Å². The quantitative estimate of drug-likeness (QED) is 0.333. The summed E-state index contributed by atoms with van der Waals surface area (Å²) in [4.78, 5) is 10.9. The Hall–Kier alpha value is -3.22. The third-order valence-corrected chi connectivity index (χ3v) is 5.71. The molecule has 0 aliphatic carbocycles. The molecule has 3 N–H and O–H groups in total. The summed E-state index contributed by atoms with van der Waals surface area (Å²) in [6.07, 6.45) is 0.327. The molecule has 0 amide bonds. The second-order valence-electron chi connectivity index (χ2n) is 7.00. The Bertz CT molecular complexity index is 1280. The molecule has 0 aliphatic heterocycles. The van der Waals surface area contributed by atoms with Crippen molar-refractivity contribution in [2.45, 2.75) is 12.8 Å². The number of aromatic hydroxyl groups is 1. The van der Waals surface area contributed by atoms with Crippen LogP contribution in [0.2, 0.25) is 10.0 Å². The molecule has 0 aliphatic rings. The van der Waals surface area contributed by atoms with E-state index in [1.807, 2.05) is 30.3 Å². The zero-order valence-corrected chi connectivity index (χ0v) is 18.0. The van der Waals surface area contributed by atoms with Crippen LogP contribution in [0, 0.1) is 0 Å². The monoisotopic (exact) mass is 456 g/mol. The molecular formula is C23H18Cl2N2O4. The van der Waals surface area contributed by atoms with E-state index >= 15 is 0 Å². The Labute approximate surface area is 188 Å². The molecule has 4 rings (SSSR count). The van der Waals surface area contributed by atoms with Crippen molar-refractivity contribution in [1.29, 1.82) is 0 Å². The normalized spacial score (nSPS) is 11.1. The molecule has 0 saturated heterocycles. The van der Waals surface area contributed by atoms with Gasteiger partial charge in [-0.2, -0.15) is 5.10 Å². The number of phenols is 1. The Morgan fingerprint density at radius 2 is 1.71 bits per heavy atom. The van der Waals surface area contributed by atoms with Gasteiger partial charge in [-0.3, -0.25) is 9.89 Å². The van der Waals surface area contributed by atoms with E-state index in [1.54, 1.807) is 18.2 Å². The Balaban J connectivity index is 1.71. The molecule has 0 fully saturated rings. The van der Waals surface area contributed by atoms with Crippen LogP contribution in [0.4, 0.5) is 0 Å². The molecule has 0 bridgehead atoms. The maximum atomic E-state index is 10.9. The number of fused-ring (bicyclic) bond motifs is 1. The molecule has 0 saturated carbocycles. The number of methoxy groups -OCH3 is 1. The second kappa shape index (κ2) is 8.49. The molecule has 6 nitrogen and oxygen atoms in total. The number of phenolic OH excluding ortho intramolecular Hbond substituents is 1. The van der Waals surface area contributed by atoms with E-state index in [0.29, 0.717) is 27.7 Å². The number of benzene rings is 3. The number of nitrogens with zero attached hydrogens (tertiary/aromatic N) is 1. The average Bonchev–Trinajstić information content (AvgIpc) is 3.14. The lowest BCUT2D eigenvalue weighted by atomic mass is 9.98. The first-order chi connectivity index (χ1) is 14.9. The zero-order valence-electron chi connectivity index (χ0n) is 16.4. The number of hydrogen-bond acceptors (Lipinski definition) is 4. The molecule has 0 spiro atoms. The number of carboxylic acids is 1. The molecule has 4 aromatic rings. The highest BCUT2D eigenvalue weighted by atomic mass is 35.5. The van der Waals surface area contributed by atoms with E-state index in [4.69, 9.17) is 33.0 Å². The van der Waals surface area contributed by atoms with Gasteiger partial charge in [0, 0.05) is 22.9 Å². The molecule has 3 aromatic carbocycles. The standard InChI is InChI=1S/C23H18Cl2N2O4/c1-31-23-17(24)7-6-14(22(23)30)12-2-4-13(5-3-12)15-10-16-19(8-9-21(28)29)26-27-20(16)11-18(15)25/h2-7,10-11,30H,8-9H2,1H3,(H,26,27)(H,28,29). The maximum absolute atomic E-state index is 10.9. The van der Waals surface area contributed by atoms with Crippen molar-refractivity contribution in [1.82, 2.24) is 10.2 Å². The summed E-state index contributed by atoms with van der Waals surface area (Å²) in [6, 6.07) is 14.7. The highest BCUT2D eigenvalue weighted by Crippen LogP contribution is 2.42. The highest BCUT2D eigenvalue weighted by Gasteiger charge is 2.15. The Morgan fingerprint density at radius 3 is 2.35 bits per heavy atom. The molecule has 158 valence electrons.